The Bertz CT molecular complexity index is 465. The van der Waals surface area contributed by atoms with Gasteiger partial charge in [-0.25, -0.2) is 0 Å². The molecule has 178 valence electrons. The average Bonchev–Trinajstić information content (AvgIpc) is 2.50. The maximum atomic E-state index is 11.4. The molecule has 0 amide bonds. The largest absolute Gasteiger partial charge is 0.393 e. The van der Waals surface area contributed by atoms with Gasteiger partial charge in [0.05, 0.1) is 12.2 Å². The summed E-state index contributed by atoms with van der Waals surface area (Å²) in [5.74, 6) is 2.65. The van der Waals surface area contributed by atoms with Crippen LogP contribution in [-0.4, -0.2) is 22.4 Å². The van der Waals surface area contributed by atoms with E-state index in [9.17, 15) is 10.2 Å². The van der Waals surface area contributed by atoms with Gasteiger partial charge >= 0.3 is 0 Å². The highest BCUT2D eigenvalue weighted by Crippen LogP contribution is 2.56. The first kappa shape index (κ1) is 26.2. The standard InChI is InChI=1S/C28H54O2/c1-25(2,3)19-13-17(14-20(23(19)29)26(4,5)6)18-15-21(27(7,8)9)24(30)22(16-18)28(10,11)12/h17-24,29-30H,13-16H2,1-12H3. The van der Waals surface area contributed by atoms with Crippen molar-refractivity contribution >= 4 is 0 Å². The van der Waals surface area contributed by atoms with Gasteiger partial charge in [0.2, 0.25) is 0 Å². The van der Waals surface area contributed by atoms with Crippen molar-refractivity contribution in [2.24, 2.45) is 57.2 Å². The van der Waals surface area contributed by atoms with E-state index in [1.165, 1.54) is 0 Å². The molecule has 0 bridgehead atoms. The molecule has 2 aliphatic rings. The Hall–Kier alpha value is -0.0800. The lowest BCUT2D eigenvalue weighted by Crippen LogP contribution is -2.52. The quantitative estimate of drug-likeness (QED) is 0.470. The van der Waals surface area contributed by atoms with Gasteiger partial charge < -0.3 is 10.2 Å². The molecule has 0 heterocycles. The van der Waals surface area contributed by atoms with Gasteiger partial charge in [0.25, 0.3) is 0 Å². The van der Waals surface area contributed by atoms with Crippen molar-refractivity contribution in [3.8, 4) is 0 Å². The normalized spacial score (nSPS) is 39.8. The third-order valence-corrected chi connectivity index (χ3v) is 8.99. The number of hydrogen-bond acceptors (Lipinski definition) is 2. The van der Waals surface area contributed by atoms with Gasteiger partial charge in [-0.05, 0) is 82.9 Å². The van der Waals surface area contributed by atoms with Gasteiger partial charge in [-0.2, -0.15) is 0 Å². The van der Waals surface area contributed by atoms with E-state index in [2.05, 4.69) is 83.1 Å². The maximum Gasteiger partial charge on any atom is 0.0606 e. The van der Waals surface area contributed by atoms with Gasteiger partial charge in [0, 0.05) is 0 Å². The summed E-state index contributed by atoms with van der Waals surface area (Å²) < 4.78 is 0. The Morgan fingerprint density at radius 3 is 0.700 bits per heavy atom. The predicted octanol–water partition coefficient (Wildman–Crippen LogP) is 7.18. The van der Waals surface area contributed by atoms with Crippen LogP contribution in [0.1, 0.15) is 109 Å². The smallest absolute Gasteiger partial charge is 0.0606 e. The Labute approximate surface area is 188 Å². The summed E-state index contributed by atoms with van der Waals surface area (Å²) in [6.45, 7) is 27.7. The third-order valence-electron chi connectivity index (χ3n) is 8.99. The molecule has 0 saturated heterocycles. The number of rotatable bonds is 1. The highest BCUT2D eigenvalue weighted by Gasteiger charge is 2.52. The molecule has 4 atom stereocenters. The number of aliphatic hydroxyl groups is 2. The molecular formula is C28H54O2. The summed E-state index contributed by atoms with van der Waals surface area (Å²) in [4.78, 5) is 0. The molecule has 0 aliphatic heterocycles. The first-order valence-corrected chi connectivity index (χ1v) is 12.6. The minimum Gasteiger partial charge on any atom is -0.393 e. The minimum atomic E-state index is -0.216. The first-order chi connectivity index (χ1) is 13.2. The van der Waals surface area contributed by atoms with Crippen LogP contribution in [0.5, 0.6) is 0 Å². The molecule has 0 aromatic carbocycles. The maximum absolute atomic E-state index is 11.4. The van der Waals surface area contributed by atoms with E-state index in [1.807, 2.05) is 0 Å². The molecular weight excluding hydrogens is 368 g/mol. The summed E-state index contributed by atoms with van der Waals surface area (Å²) in [5, 5.41) is 22.8. The molecule has 2 rings (SSSR count). The second-order valence-corrected chi connectivity index (χ2v) is 15.3. The molecule has 2 fully saturated rings. The summed E-state index contributed by atoms with van der Waals surface area (Å²) in [5.41, 5.74) is 0.455. The van der Waals surface area contributed by atoms with Crippen LogP contribution >= 0.6 is 0 Å². The van der Waals surface area contributed by atoms with E-state index < -0.39 is 0 Å². The van der Waals surface area contributed by atoms with Gasteiger partial charge in [-0.1, -0.05) is 83.1 Å². The lowest BCUT2D eigenvalue weighted by Gasteiger charge is -2.55. The van der Waals surface area contributed by atoms with Crippen LogP contribution in [0.2, 0.25) is 0 Å². The molecule has 2 heteroatoms. The van der Waals surface area contributed by atoms with Gasteiger partial charge in [-0.3, -0.25) is 0 Å². The van der Waals surface area contributed by atoms with Crippen LogP contribution in [0.25, 0.3) is 0 Å². The summed E-state index contributed by atoms with van der Waals surface area (Å²) >= 11 is 0. The van der Waals surface area contributed by atoms with E-state index in [0.29, 0.717) is 35.5 Å². The highest BCUT2D eigenvalue weighted by atomic mass is 16.3. The van der Waals surface area contributed by atoms with Crippen molar-refractivity contribution in [1.29, 1.82) is 0 Å². The van der Waals surface area contributed by atoms with Crippen molar-refractivity contribution in [1.82, 2.24) is 0 Å². The Kier molecular flexibility index (Phi) is 7.30. The molecule has 0 aromatic rings. The lowest BCUT2D eigenvalue weighted by atomic mass is 9.52. The van der Waals surface area contributed by atoms with E-state index in [4.69, 9.17) is 0 Å². The molecule has 2 N–H and O–H groups in total. The van der Waals surface area contributed by atoms with Crippen molar-refractivity contribution < 1.29 is 10.2 Å². The fraction of sp³-hybridized carbons (Fsp3) is 1.00. The summed E-state index contributed by atoms with van der Waals surface area (Å²) in [6.07, 6.45) is 4.09. The number of hydrogen-bond donors (Lipinski definition) is 2. The van der Waals surface area contributed by atoms with Gasteiger partial charge in [0.15, 0.2) is 0 Å². The van der Waals surface area contributed by atoms with Crippen LogP contribution in [0.4, 0.5) is 0 Å². The summed E-state index contributed by atoms with van der Waals surface area (Å²) in [6, 6.07) is 0. The fourth-order valence-electron chi connectivity index (χ4n) is 6.85. The van der Waals surface area contributed by atoms with Crippen LogP contribution in [0.15, 0.2) is 0 Å². The zero-order chi connectivity index (χ0) is 23.4. The highest BCUT2D eigenvalue weighted by molar-refractivity contribution is 5.01. The molecule has 30 heavy (non-hydrogen) atoms. The Morgan fingerprint density at radius 2 is 0.567 bits per heavy atom. The van der Waals surface area contributed by atoms with Crippen molar-refractivity contribution in [2.45, 2.75) is 121 Å². The monoisotopic (exact) mass is 422 g/mol. The molecule has 2 nitrogen and oxygen atoms in total. The van der Waals surface area contributed by atoms with Crippen molar-refractivity contribution in [3.63, 3.8) is 0 Å². The van der Waals surface area contributed by atoms with Crippen LogP contribution in [0.3, 0.4) is 0 Å². The third kappa shape index (κ3) is 5.64. The summed E-state index contributed by atoms with van der Waals surface area (Å²) in [7, 11) is 0. The fourth-order valence-corrected chi connectivity index (χ4v) is 6.85. The molecule has 4 unspecified atom stereocenters. The first-order valence-electron chi connectivity index (χ1n) is 12.6. The second-order valence-electron chi connectivity index (χ2n) is 15.3. The minimum absolute atomic E-state index is 0.114. The Balaban J connectivity index is 2.41. The van der Waals surface area contributed by atoms with E-state index in [-0.39, 0.29) is 33.9 Å². The van der Waals surface area contributed by atoms with Crippen molar-refractivity contribution in [2.75, 3.05) is 0 Å². The Morgan fingerprint density at radius 1 is 0.400 bits per heavy atom. The lowest BCUT2D eigenvalue weighted by molar-refractivity contribution is -0.124. The van der Waals surface area contributed by atoms with Crippen molar-refractivity contribution in [3.05, 3.63) is 0 Å². The molecule has 0 radical (unpaired) electrons. The second kappa shape index (κ2) is 8.36. The topological polar surface area (TPSA) is 40.5 Å². The van der Waals surface area contributed by atoms with E-state index in [0.717, 1.165) is 25.7 Å². The molecule has 2 aliphatic carbocycles. The average molecular weight is 423 g/mol. The van der Waals surface area contributed by atoms with E-state index in [1.54, 1.807) is 0 Å². The molecule has 0 aromatic heterocycles. The van der Waals surface area contributed by atoms with Gasteiger partial charge in [0.1, 0.15) is 0 Å². The zero-order valence-electron chi connectivity index (χ0n) is 22.3. The molecule has 2 saturated carbocycles. The molecule has 0 spiro atoms. The van der Waals surface area contributed by atoms with Crippen LogP contribution in [0, 0.1) is 57.2 Å². The SMILES string of the molecule is CC(C)(C)C1CC(C2CC(C(C)(C)C)C(O)C(C(C)(C)C)C2)CC(C(C)(C)C)C1O. The zero-order valence-corrected chi connectivity index (χ0v) is 22.3. The predicted molar refractivity (Wildman–Crippen MR) is 129 cm³/mol. The number of aliphatic hydroxyl groups excluding tert-OH is 2. The van der Waals surface area contributed by atoms with Crippen LogP contribution in [-0.2, 0) is 0 Å². The van der Waals surface area contributed by atoms with E-state index >= 15 is 0 Å². The van der Waals surface area contributed by atoms with Gasteiger partial charge in [-0.15, -0.1) is 0 Å². The van der Waals surface area contributed by atoms with Crippen LogP contribution < -0.4 is 0 Å².